The fourth-order valence-electron chi connectivity index (χ4n) is 2.48. The number of carboxylic acids is 1. The third kappa shape index (κ3) is 3.21. The molecule has 1 saturated heterocycles. The van der Waals surface area contributed by atoms with Gasteiger partial charge in [-0.3, -0.25) is 9.59 Å². The zero-order chi connectivity index (χ0) is 15.4. The van der Waals surface area contributed by atoms with Crippen molar-refractivity contribution in [1.29, 1.82) is 0 Å². The number of aryl methyl sites for hydroxylation is 1. The number of carboxylic acid groups (broad SMARTS) is 1. The number of carbonyl (C=O) groups is 2. The molecule has 1 aromatic heterocycles. The third-order valence-corrected chi connectivity index (χ3v) is 4.33. The van der Waals surface area contributed by atoms with Crippen LogP contribution in [0.1, 0.15) is 35.6 Å². The van der Waals surface area contributed by atoms with Gasteiger partial charge in [-0.1, -0.05) is 18.3 Å². The van der Waals surface area contributed by atoms with Crippen LogP contribution in [0.25, 0.3) is 0 Å². The zero-order valence-electron chi connectivity index (χ0n) is 12.1. The summed E-state index contributed by atoms with van der Waals surface area (Å²) < 4.78 is 9.11. The van der Waals surface area contributed by atoms with Crippen molar-refractivity contribution >= 4 is 23.4 Å². The Hall–Kier alpha value is -1.54. The standard InChI is InChI=1S/C13H19N3O4S/c1-3-5-16(10-7-20-6-8(10)13(18)19)12(17)11-9(4-2)14-15-21-11/h8,10H,3-7H2,1-2H3,(H,18,19). The van der Waals surface area contributed by atoms with Gasteiger partial charge >= 0.3 is 5.97 Å². The van der Waals surface area contributed by atoms with Crippen LogP contribution in [0.4, 0.5) is 0 Å². The minimum absolute atomic E-state index is 0.148. The highest BCUT2D eigenvalue weighted by Crippen LogP contribution is 2.24. The van der Waals surface area contributed by atoms with Crippen molar-refractivity contribution in [1.82, 2.24) is 14.5 Å². The van der Waals surface area contributed by atoms with Crippen molar-refractivity contribution in [2.24, 2.45) is 5.92 Å². The number of ether oxygens (including phenoxy) is 1. The summed E-state index contributed by atoms with van der Waals surface area (Å²) in [6.07, 6.45) is 1.38. The number of hydrogen-bond donors (Lipinski definition) is 1. The van der Waals surface area contributed by atoms with E-state index in [1.807, 2.05) is 13.8 Å². The molecule has 0 aliphatic carbocycles. The molecular weight excluding hydrogens is 294 g/mol. The molecule has 21 heavy (non-hydrogen) atoms. The lowest BCUT2D eigenvalue weighted by Crippen LogP contribution is -2.47. The lowest BCUT2D eigenvalue weighted by atomic mass is 10.0. The van der Waals surface area contributed by atoms with Gasteiger partial charge in [0.1, 0.15) is 10.8 Å². The molecule has 1 aliphatic rings. The van der Waals surface area contributed by atoms with Gasteiger partial charge in [0.15, 0.2) is 0 Å². The summed E-state index contributed by atoms with van der Waals surface area (Å²) in [5.74, 6) is -1.79. The van der Waals surface area contributed by atoms with Crippen molar-refractivity contribution in [2.75, 3.05) is 19.8 Å². The number of aliphatic carboxylic acids is 1. The summed E-state index contributed by atoms with van der Waals surface area (Å²) in [5, 5.41) is 13.2. The van der Waals surface area contributed by atoms with Gasteiger partial charge in [-0.2, -0.15) is 0 Å². The minimum atomic E-state index is -0.926. The monoisotopic (exact) mass is 313 g/mol. The number of amides is 1. The van der Waals surface area contributed by atoms with Crippen molar-refractivity contribution in [3.63, 3.8) is 0 Å². The topological polar surface area (TPSA) is 92.6 Å². The van der Waals surface area contributed by atoms with Crippen LogP contribution in [-0.2, 0) is 16.0 Å². The predicted octanol–water partition coefficient (Wildman–Crippen LogP) is 1.05. The molecule has 1 amide bonds. The highest BCUT2D eigenvalue weighted by molar-refractivity contribution is 7.08. The maximum Gasteiger partial charge on any atom is 0.311 e. The Morgan fingerprint density at radius 1 is 1.43 bits per heavy atom. The summed E-state index contributed by atoms with van der Waals surface area (Å²) >= 11 is 1.06. The molecule has 8 heteroatoms. The van der Waals surface area contributed by atoms with Crippen LogP contribution in [0.15, 0.2) is 0 Å². The van der Waals surface area contributed by atoms with E-state index in [2.05, 4.69) is 9.59 Å². The summed E-state index contributed by atoms with van der Waals surface area (Å²) in [5.41, 5.74) is 0.664. The molecule has 7 nitrogen and oxygen atoms in total. The third-order valence-electron chi connectivity index (χ3n) is 3.58. The fraction of sp³-hybridized carbons (Fsp3) is 0.692. The molecule has 0 bridgehead atoms. The second kappa shape index (κ2) is 6.95. The lowest BCUT2D eigenvalue weighted by molar-refractivity contribution is -0.142. The molecule has 1 fully saturated rings. The number of carbonyl (C=O) groups excluding carboxylic acids is 1. The minimum Gasteiger partial charge on any atom is -0.481 e. The molecule has 0 aromatic carbocycles. The van der Waals surface area contributed by atoms with Gasteiger partial charge in [0, 0.05) is 6.54 Å². The van der Waals surface area contributed by atoms with Crippen molar-refractivity contribution in [3.8, 4) is 0 Å². The Morgan fingerprint density at radius 2 is 2.19 bits per heavy atom. The molecule has 1 N–H and O–H groups in total. The first-order chi connectivity index (χ1) is 10.1. The highest BCUT2D eigenvalue weighted by Gasteiger charge is 2.40. The second-order valence-corrected chi connectivity index (χ2v) is 5.70. The molecule has 1 aliphatic heterocycles. The molecule has 2 heterocycles. The number of nitrogens with zero attached hydrogens (tertiary/aromatic N) is 3. The molecule has 1 aromatic rings. The van der Waals surface area contributed by atoms with Gasteiger partial charge in [-0.25, -0.2) is 0 Å². The average molecular weight is 313 g/mol. The van der Waals surface area contributed by atoms with E-state index >= 15 is 0 Å². The Balaban J connectivity index is 2.26. The quantitative estimate of drug-likeness (QED) is 0.844. The van der Waals surface area contributed by atoms with E-state index in [-0.39, 0.29) is 19.1 Å². The van der Waals surface area contributed by atoms with Crippen LogP contribution in [0.2, 0.25) is 0 Å². The Bertz CT molecular complexity index is 519. The van der Waals surface area contributed by atoms with Gasteiger partial charge < -0.3 is 14.7 Å². The zero-order valence-corrected chi connectivity index (χ0v) is 12.9. The molecule has 0 radical (unpaired) electrons. The molecule has 2 rings (SSSR count). The Morgan fingerprint density at radius 3 is 2.81 bits per heavy atom. The summed E-state index contributed by atoms with van der Waals surface area (Å²) in [6.45, 7) is 4.77. The summed E-state index contributed by atoms with van der Waals surface area (Å²) in [7, 11) is 0. The van der Waals surface area contributed by atoms with E-state index in [1.165, 1.54) is 0 Å². The number of aromatic nitrogens is 2. The number of hydrogen-bond acceptors (Lipinski definition) is 6. The molecule has 2 atom stereocenters. The van der Waals surface area contributed by atoms with Gasteiger partial charge in [0.2, 0.25) is 0 Å². The molecular formula is C13H19N3O4S. The first-order valence-electron chi connectivity index (χ1n) is 7.02. The predicted molar refractivity (Wildman–Crippen MR) is 76.3 cm³/mol. The average Bonchev–Trinajstić information content (AvgIpc) is 3.11. The second-order valence-electron chi connectivity index (χ2n) is 4.95. The smallest absolute Gasteiger partial charge is 0.311 e. The van der Waals surface area contributed by atoms with E-state index < -0.39 is 17.9 Å². The van der Waals surface area contributed by atoms with Crippen LogP contribution in [0, 0.1) is 5.92 Å². The van der Waals surface area contributed by atoms with Gasteiger partial charge in [0.25, 0.3) is 5.91 Å². The summed E-state index contributed by atoms with van der Waals surface area (Å²) in [6, 6.07) is -0.429. The maximum atomic E-state index is 12.7. The first-order valence-corrected chi connectivity index (χ1v) is 7.80. The SMILES string of the molecule is CCCN(C(=O)c1snnc1CC)C1COCC1C(=O)O. The van der Waals surface area contributed by atoms with E-state index in [9.17, 15) is 14.7 Å². The first kappa shape index (κ1) is 15.8. The van der Waals surface area contributed by atoms with Crippen LogP contribution in [0.3, 0.4) is 0 Å². The normalized spacial score (nSPS) is 21.4. The Kier molecular flexibility index (Phi) is 5.24. The molecule has 116 valence electrons. The van der Waals surface area contributed by atoms with E-state index in [4.69, 9.17) is 4.74 Å². The van der Waals surface area contributed by atoms with Crippen LogP contribution in [0.5, 0.6) is 0 Å². The van der Waals surface area contributed by atoms with Crippen molar-refractivity contribution in [3.05, 3.63) is 10.6 Å². The Labute approximate surface area is 127 Å². The van der Waals surface area contributed by atoms with Crippen molar-refractivity contribution in [2.45, 2.75) is 32.7 Å². The van der Waals surface area contributed by atoms with E-state index in [0.29, 0.717) is 23.5 Å². The van der Waals surface area contributed by atoms with Crippen LogP contribution in [-0.4, -0.2) is 57.3 Å². The largest absolute Gasteiger partial charge is 0.481 e. The van der Waals surface area contributed by atoms with Crippen LogP contribution >= 0.6 is 11.5 Å². The van der Waals surface area contributed by atoms with Crippen molar-refractivity contribution < 1.29 is 19.4 Å². The van der Waals surface area contributed by atoms with Gasteiger partial charge in [-0.15, -0.1) is 5.10 Å². The number of rotatable bonds is 6. The fourth-order valence-corrected chi connectivity index (χ4v) is 3.18. The van der Waals surface area contributed by atoms with Gasteiger partial charge in [-0.05, 0) is 24.4 Å². The van der Waals surface area contributed by atoms with E-state index in [0.717, 1.165) is 18.0 Å². The van der Waals surface area contributed by atoms with Gasteiger partial charge in [0.05, 0.1) is 24.9 Å². The lowest BCUT2D eigenvalue weighted by Gasteiger charge is -2.29. The molecule has 0 spiro atoms. The molecule has 2 unspecified atom stereocenters. The highest BCUT2D eigenvalue weighted by atomic mass is 32.1. The maximum absolute atomic E-state index is 12.7. The van der Waals surface area contributed by atoms with E-state index in [1.54, 1.807) is 4.90 Å². The van der Waals surface area contributed by atoms with Crippen LogP contribution < -0.4 is 0 Å². The molecule has 0 saturated carbocycles. The summed E-state index contributed by atoms with van der Waals surface area (Å²) in [4.78, 5) is 26.2.